The standard InChI is InChI=1S/C14H10.Rb/c1-2-6-12-10-14-8-4-3-7-13(14)9-11(12)5-1;/h1-10H;/q;+1. The molecular weight excluding hydrogens is 254 g/mol. The van der Waals surface area contributed by atoms with E-state index in [0.29, 0.717) is 0 Å². The van der Waals surface area contributed by atoms with Crippen LogP contribution in [0, 0.1) is 0 Å². The van der Waals surface area contributed by atoms with Gasteiger partial charge in [-0.15, -0.1) is 0 Å². The van der Waals surface area contributed by atoms with E-state index in [4.69, 9.17) is 0 Å². The Hall–Kier alpha value is -0.0148. The fourth-order valence-electron chi connectivity index (χ4n) is 1.88. The summed E-state index contributed by atoms with van der Waals surface area (Å²) < 4.78 is 0. The Morgan fingerprint density at radius 1 is 0.467 bits per heavy atom. The summed E-state index contributed by atoms with van der Waals surface area (Å²) in [5.74, 6) is 0. The van der Waals surface area contributed by atoms with E-state index in [0.717, 1.165) is 0 Å². The molecule has 0 heterocycles. The van der Waals surface area contributed by atoms with E-state index in [1.54, 1.807) is 0 Å². The molecule has 0 saturated heterocycles. The Morgan fingerprint density at radius 3 is 1.00 bits per heavy atom. The second-order valence-corrected chi connectivity index (χ2v) is 3.55. The van der Waals surface area contributed by atoms with Crippen LogP contribution in [0.15, 0.2) is 60.7 Å². The molecule has 0 aliphatic rings. The van der Waals surface area contributed by atoms with E-state index in [1.165, 1.54) is 21.5 Å². The number of hydrogen-bond donors (Lipinski definition) is 0. The van der Waals surface area contributed by atoms with Crippen molar-refractivity contribution < 1.29 is 58.2 Å². The van der Waals surface area contributed by atoms with Crippen molar-refractivity contribution in [3.63, 3.8) is 0 Å². The van der Waals surface area contributed by atoms with Crippen LogP contribution in [-0.2, 0) is 0 Å². The van der Waals surface area contributed by atoms with E-state index in [1.807, 2.05) is 0 Å². The molecule has 0 aliphatic carbocycles. The third-order valence-corrected chi connectivity index (χ3v) is 2.61. The van der Waals surface area contributed by atoms with Crippen molar-refractivity contribution in [2.45, 2.75) is 0 Å². The van der Waals surface area contributed by atoms with Crippen molar-refractivity contribution in [3.05, 3.63) is 60.7 Å². The number of benzene rings is 3. The Balaban J connectivity index is 0.000000853. The summed E-state index contributed by atoms with van der Waals surface area (Å²) in [6.45, 7) is 0. The first-order valence-corrected chi connectivity index (χ1v) is 4.81. The minimum absolute atomic E-state index is 0. The van der Waals surface area contributed by atoms with Gasteiger partial charge in [0.15, 0.2) is 0 Å². The summed E-state index contributed by atoms with van der Waals surface area (Å²) in [5.41, 5.74) is 0. The van der Waals surface area contributed by atoms with Gasteiger partial charge in [-0.25, -0.2) is 0 Å². The predicted octanol–water partition coefficient (Wildman–Crippen LogP) is 0.997. The van der Waals surface area contributed by atoms with Crippen LogP contribution in [0.3, 0.4) is 0 Å². The first-order valence-electron chi connectivity index (χ1n) is 4.81. The molecule has 0 aliphatic heterocycles. The van der Waals surface area contributed by atoms with Crippen molar-refractivity contribution in [2.75, 3.05) is 0 Å². The predicted molar refractivity (Wildman–Crippen MR) is 61.5 cm³/mol. The van der Waals surface area contributed by atoms with Crippen LogP contribution < -0.4 is 58.2 Å². The Labute approximate surface area is 138 Å². The van der Waals surface area contributed by atoms with Gasteiger partial charge in [0, 0.05) is 0 Å². The van der Waals surface area contributed by atoms with Crippen LogP contribution in [-0.4, -0.2) is 0 Å². The van der Waals surface area contributed by atoms with Gasteiger partial charge < -0.3 is 0 Å². The van der Waals surface area contributed by atoms with Gasteiger partial charge in [-0.3, -0.25) is 0 Å². The van der Waals surface area contributed by atoms with Crippen molar-refractivity contribution in [1.29, 1.82) is 0 Å². The molecule has 15 heavy (non-hydrogen) atoms. The maximum absolute atomic E-state index is 2.24. The molecule has 0 bridgehead atoms. The van der Waals surface area contributed by atoms with Gasteiger partial charge in [-0.1, -0.05) is 48.5 Å². The van der Waals surface area contributed by atoms with Gasteiger partial charge >= 0.3 is 58.2 Å². The monoisotopic (exact) mass is 263 g/mol. The molecule has 3 aromatic carbocycles. The van der Waals surface area contributed by atoms with Crippen LogP contribution in [0.25, 0.3) is 21.5 Å². The van der Waals surface area contributed by atoms with E-state index < -0.39 is 0 Å². The smallest absolute Gasteiger partial charge is 0.0616 e. The fraction of sp³-hybridized carbons (Fsp3) is 0. The van der Waals surface area contributed by atoms with Crippen LogP contribution in [0.4, 0.5) is 0 Å². The second kappa shape index (κ2) is 4.88. The maximum Gasteiger partial charge on any atom is 1.00 e. The Bertz CT molecular complexity index is 494. The average molecular weight is 264 g/mol. The summed E-state index contributed by atoms with van der Waals surface area (Å²) in [6.07, 6.45) is 0. The molecule has 0 saturated carbocycles. The van der Waals surface area contributed by atoms with Gasteiger partial charge in [-0.2, -0.15) is 0 Å². The first kappa shape index (κ1) is 11.5. The minimum atomic E-state index is 0. The molecule has 0 nitrogen and oxygen atoms in total. The molecule has 0 aromatic heterocycles. The molecule has 0 amide bonds. The van der Waals surface area contributed by atoms with Crippen LogP contribution in [0.2, 0.25) is 0 Å². The van der Waals surface area contributed by atoms with Crippen LogP contribution in [0.5, 0.6) is 0 Å². The molecule has 0 atom stereocenters. The summed E-state index contributed by atoms with van der Waals surface area (Å²) >= 11 is 0. The molecule has 3 rings (SSSR count). The molecule has 0 radical (unpaired) electrons. The molecular formula is C14H10Rb+. The van der Waals surface area contributed by atoms with Gasteiger partial charge in [0.25, 0.3) is 0 Å². The zero-order valence-corrected chi connectivity index (χ0v) is 13.7. The minimum Gasteiger partial charge on any atom is -0.0616 e. The molecule has 0 N–H and O–H groups in total. The number of hydrogen-bond acceptors (Lipinski definition) is 0. The second-order valence-electron chi connectivity index (χ2n) is 3.55. The van der Waals surface area contributed by atoms with Crippen LogP contribution in [0.1, 0.15) is 0 Å². The van der Waals surface area contributed by atoms with Gasteiger partial charge in [0.05, 0.1) is 0 Å². The zero-order chi connectivity index (χ0) is 9.38. The van der Waals surface area contributed by atoms with Gasteiger partial charge in [0.2, 0.25) is 0 Å². The van der Waals surface area contributed by atoms with Crippen molar-refractivity contribution in [2.24, 2.45) is 0 Å². The third kappa shape index (κ3) is 2.23. The normalized spacial score (nSPS) is 10.1. The summed E-state index contributed by atoms with van der Waals surface area (Å²) in [5, 5.41) is 5.25. The Kier molecular flexibility index (Phi) is 3.73. The van der Waals surface area contributed by atoms with E-state index in [-0.39, 0.29) is 58.2 Å². The van der Waals surface area contributed by atoms with E-state index in [2.05, 4.69) is 60.7 Å². The fourth-order valence-corrected chi connectivity index (χ4v) is 1.88. The number of rotatable bonds is 0. The third-order valence-electron chi connectivity index (χ3n) is 2.61. The molecule has 0 spiro atoms. The molecule has 3 aromatic rings. The average Bonchev–Trinajstić information content (AvgIpc) is 2.26. The summed E-state index contributed by atoms with van der Waals surface area (Å²) in [4.78, 5) is 0. The van der Waals surface area contributed by atoms with Crippen molar-refractivity contribution >= 4 is 21.5 Å². The molecule has 66 valence electrons. The summed E-state index contributed by atoms with van der Waals surface area (Å²) in [6, 6.07) is 21.4. The zero-order valence-electron chi connectivity index (χ0n) is 8.77. The van der Waals surface area contributed by atoms with Gasteiger partial charge in [0.1, 0.15) is 0 Å². The molecule has 1 heteroatoms. The van der Waals surface area contributed by atoms with Crippen molar-refractivity contribution in [1.82, 2.24) is 0 Å². The van der Waals surface area contributed by atoms with E-state index >= 15 is 0 Å². The molecule has 0 unspecified atom stereocenters. The SMILES string of the molecule is [Rb+].c1ccc2cc3ccccc3cc2c1. The summed E-state index contributed by atoms with van der Waals surface area (Å²) in [7, 11) is 0. The Morgan fingerprint density at radius 2 is 0.733 bits per heavy atom. The van der Waals surface area contributed by atoms with Crippen molar-refractivity contribution in [3.8, 4) is 0 Å². The topological polar surface area (TPSA) is 0 Å². The maximum atomic E-state index is 2.24. The number of fused-ring (bicyclic) bond motifs is 2. The van der Waals surface area contributed by atoms with Gasteiger partial charge in [-0.05, 0) is 33.7 Å². The quantitative estimate of drug-likeness (QED) is 0.531. The first-order chi connectivity index (χ1) is 6.93. The molecule has 0 fully saturated rings. The van der Waals surface area contributed by atoms with Crippen LogP contribution >= 0.6 is 0 Å². The van der Waals surface area contributed by atoms with E-state index in [9.17, 15) is 0 Å². The largest absolute Gasteiger partial charge is 1.00 e.